The predicted molar refractivity (Wildman–Crippen MR) is 109 cm³/mol. The first-order valence-electron chi connectivity index (χ1n) is 9.48. The van der Waals surface area contributed by atoms with Crippen LogP contribution in [0.5, 0.6) is 11.5 Å². The lowest BCUT2D eigenvalue weighted by Gasteiger charge is -2.29. The maximum absolute atomic E-state index is 10.5. The minimum atomic E-state index is -0.305. The van der Waals surface area contributed by atoms with E-state index in [9.17, 15) is 10.2 Å². The van der Waals surface area contributed by atoms with Gasteiger partial charge in [0.25, 0.3) is 0 Å². The molecule has 0 saturated carbocycles. The minimum Gasteiger partial charge on any atom is -0.507 e. The number of aromatic hydroxyl groups is 2. The molecule has 2 N–H and O–H groups in total. The van der Waals surface area contributed by atoms with Gasteiger partial charge >= 0.3 is 0 Å². The van der Waals surface area contributed by atoms with Gasteiger partial charge < -0.3 is 19.7 Å². The molecule has 0 aliphatic rings. The monoisotopic (exact) mass is 372 g/mol. The number of rotatable bonds is 8. The Morgan fingerprint density at radius 1 is 0.704 bits per heavy atom. The standard InChI is InChI=1S/C23H32O4/c1-7-15-9-19(10-16(8-2)21(15)24)23(3,4)20-11-17(13-26-5)22(25)18(12-20)14-27-6/h9-12,24-25H,7-8,13-14H2,1-6H3. The van der Waals surface area contributed by atoms with Crippen LogP contribution in [0.1, 0.15) is 61.1 Å². The van der Waals surface area contributed by atoms with Crippen molar-refractivity contribution in [1.82, 2.24) is 0 Å². The summed E-state index contributed by atoms with van der Waals surface area (Å²) in [5.74, 6) is 0.637. The molecule has 0 amide bonds. The smallest absolute Gasteiger partial charge is 0.126 e. The summed E-state index contributed by atoms with van der Waals surface area (Å²) < 4.78 is 10.5. The molecule has 4 heteroatoms. The third-order valence-electron chi connectivity index (χ3n) is 5.34. The van der Waals surface area contributed by atoms with E-state index in [0.717, 1.165) is 46.2 Å². The van der Waals surface area contributed by atoms with Crippen molar-refractivity contribution < 1.29 is 19.7 Å². The lowest BCUT2D eigenvalue weighted by atomic mass is 9.75. The zero-order valence-corrected chi connectivity index (χ0v) is 17.3. The lowest BCUT2D eigenvalue weighted by molar-refractivity contribution is 0.174. The van der Waals surface area contributed by atoms with E-state index in [1.807, 2.05) is 12.1 Å². The normalized spacial score (nSPS) is 11.8. The summed E-state index contributed by atoms with van der Waals surface area (Å²) in [5, 5.41) is 21.0. The van der Waals surface area contributed by atoms with Crippen LogP contribution in [0.25, 0.3) is 0 Å². The number of methoxy groups -OCH3 is 2. The summed E-state index contributed by atoms with van der Waals surface area (Å²) in [6, 6.07) is 8.19. The van der Waals surface area contributed by atoms with Crippen molar-refractivity contribution in [1.29, 1.82) is 0 Å². The van der Waals surface area contributed by atoms with Gasteiger partial charge in [-0.1, -0.05) is 39.8 Å². The van der Waals surface area contributed by atoms with Crippen LogP contribution >= 0.6 is 0 Å². The summed E-state index contributed by atoms with van der Waals surface area (Å²) in [4.78, 5) is 0. The Bertz CT molecular complexity index is 741. The summed E-state index contributed by atoms with van der Waals surface area (Å²) in [7, 11) is 3.24. The van der Waals surface area contributed by atoms with Crippen LogP contribution < -0.4 is 0 Å². The van der Waals surface area contributed by atoms with Crippen LogP contribution in [-0.4, -0.2) is 24.4 Å². The number of ether oxygens (including phenoxy) is 2. The van der Waals surface area contributed by atoms with Crippen molar-refractivity contribution in [2.75, 3.05) is 14.2 Å². The first-order valence-corrected chi connectivity index (χ1v) is 9.48. The Balaban J connectivity index is 2.65. The van der Waals surface area contributed by atoms with E-state index < -0.39 is 0 Å². The predicted octanol–water partition coefficient (Wildman–Crippen LogP) is 4.84. The number of phenolic OH excluding ortho intramolecular Hbond substituents is 2. The van der Waals surface area contributed by atoms with E-state index in [-0.39, 0.29) is 11.2 Å². The van der Waals surface area contributed by atoms with Crippen molar-refractivity contribution in [3.05, 3.63) is 57.6 Å². The SMILES string of the molecule is CCc1cc(C(C)(C)c2cc(COC)c(O)c(COC)c2)cc(CC)c1O. The van der Waals surface area contributed by atoms with E-state index >= 15 is 0 Å². The molecule has 0 radical (unpaired) electrons. The molecular formula is C23H32O4. The molecule has 0 atom stereocenters. The fraction of sp³-hybridized carbons (Fsp3) is 0.478. The van der Waals surface area contributed by atoms with Crippen LogP contribution in [0, 0.1) is 0 Å². The molecule has 0 bridgehead atoms. The number of hydrogen-bond donors (Lipinski definition) is 2. The average molecular weight is 373 g/mol. The zero-order chi connectivity index (χ0) is 20.2. The van der Waals surface area contributed by atoms with E-state index in [2.05, 4.69) is 39.8 Å². The Labute approximate surface area is 162 Å². The molecule has 0 aliphatic carbocycles. The zero-order valence-electron chi connectivity index (χ0n) is 17.3. The molecule has 0 aliphatic heterocycles. The molecule has 0 saturated heterocycles. The van der Waals surface area contributed by atoms with E-state index in [4.69, 9.17) is 9.47 Å². The van der Waals surface area contributed by atoms with E-state index in [1.165, 1.54) is 0 Å². The molecule has 2 rings (SSSR count). The first-order chi connectivity index (χ1) is 12.8. The highest BCUT2D eigenvalue weighted by atomic mass is 16.5. The van der Waals surface area contributed by atoms with Crippen LogP contribution in [0.15, 0.2) is 24.3 Å². The molecule has 0 heterocycles. The van der Waals surface area contributed by atoms with Gasteiger partial charge in [0.2, 0.25) is 0 Å². The fourth-order valence-corrected chi connectivity index (χ4v) is 3.48. The topological polar surface area (TPSA) is 58.9 Å². The Morgan fingerprint density at radius 2 is 1.04 bits per heavy atom. The van der Waals surface area contributed by atoms with E-state index in [0.29, 0.717) is 19.0 Å². The van der Waals surface area contributed by atoms with Gasteiger partial charge in [-0.2, -0.15) is 0 Å². The van der Waals surface area contributed by atoms with Gasteiger partial charge in [-0.15, -0.1) is 0 Å². The Morgan fingerprint density at radius 3 is 1.37 bits per heavy atom. The number of benzene rings is 2. The second-order valence-electron chi connectivity index (χ2n) is 7.48. The van der Waals surface area contributed by atoms with Crippen molar-refractivity contribution in [3.8, 4) is 11.5 Å². The second kappa shape index (κ2) is 8.77. The van der Waals surface area contributed by atoms with Gasteiger partial charge in [-0.25, -0.2) is 0 Å². The molecule has 4 nitrogen and oxygen atoms in total. The molecule has 0 aromatic heterocycles. The largest absolute Gasteiger partial charge is 0.507 e. The highest BCUT2D eigenvalue weighted by molar-refractivity contribution is 5.52. The quantitative estimate of drug-likeness (QED) is 0.696. The van der Waals surface area contributed by atoms with Crippen LogP contribution in [0.2, 0.25) is 0 Å². The molecule has 0 fully saturated rings. The Kier molecular flexibility index (Phi) is 6.90. The van der Waals surface area contributed by atoms with Crippen LogP contribution in [-0.2, 0) is 40.9 Å². The Hall–Kier alpha value is -2.04. The van der Waals surface area contributed by atoms with Crippen LogP contribution in [0.3, 0.4) is 0 Å². The van der Waals surface area contributed by atoms with Crippen molar-refractivity contribution in [2.24, 2.45) is 0 Å². The molecule has 148 valence electrons. The summed E-state index contributed by atoms with van der Waals surface area (Å²) in [5.41, 5.74) is 5.34. The van der Waals surface area contributed by atoms with E-state index in [1.54, 1.807) is 14.2 Å². The van der Waals surface area contributed by atoms with Gasteiger partial charge in [-0.05, 0) is 47.2 Å². The molecule has 2 aromatic rings. The number of hydrogen-bond acceptors (Lipinski definition) is 4. The number of aryl methyl sites for hydroxylation is 2. The van der Waals surface area contributed by atoms with Crippen LogP contribution in [0.4, 0.5) is 0 Å². The number of phenols is 2. The second-order valence-corrected chi connectivity index (χ2v) is 7.48. The summed E-state index contributed by atoms with van der Waals surface area (Å²) >= 11 is 0. The first kappa shape index (κ1) is 21.3. The highest BCUT2D eigenvalue weighted by Crippen LogP contribution is 2.39. The lowest BCUT2D eigenvalue weighted by Crippen LogP contribution is -2.20. The summed E-state index contributed by atoms with van der Waals surface area (Å²) in [6.45, 7) is 9.11. The van der Waals surface area contributed by atoms with Crippen molar-refractivity contribution in [2.45, 2.75) is 59.2 Å². The summed E-state index contributed by atoms with van der Waals surface area (Å²) in [6.07, 6.45) is 1.56. The molecule has 2 aromatic carbocycles. The molecule has 0 spiro atoms. The van der Waals surface area contributed by atoms with Crippen molar-refractivity contribution in [3.63, 3.8) is 0 Å². The fourth-order valence-electron chi connectivity index (χ4n) is 3.48. The highest BCUT2D eigenvalue weighted by Gasteiger charge is 2.27. The van der Waals surface area contributed by atoms with Gasteiger partial charge in [0.05, 0.1) is 13.2 Å². The third kappa shape index (κ3) is 4.28. The third-order valence-corrected chi connectivity index (χ3v) is 5.34. The molecular weight excluding hydrogens is 340 g/mol. The molecule has 27 heavy (non-hydrogen) atoms. The van der Waals surface area contributed by atoms with Gasteiger partial charge in [0, 0.05) is 30.8 Å². The van der Waals surface area contributed by atoms with Gasteiger partial charge in [0.15, 0.2) is 0 Å². The molecule has 0 unspecified atom stereocenters. The van der Waals surface area contributed by atoms with Gasteiger partial charge in [-0.3, -0.25) is 0 Å². The van der Waals surface area contributed by atoms with Gasteiger partial charge in [0.1, 0.15) is 11.5 Å². The van der Waals surface area contributed by atoms with Crippen molar-refractivity contribution >= 4 is 0 Å². The average Bonchev–Trinajstić information content (AvgIpc) is 2.65. The minimum absolute atomic E-state index is 0.229. The maximum Gasteiger partial charge on any atom is 0.126 e. The maximum atomic E-state index is 10.5.